The van der Waals surface area contributed by atoms with Crippen molar-refractivity contribution in [2.75, 3.05) is 72.1 Å². The molecule has 1 saturated carbocycles. The molecule has 2 aliphatic heterocycles. The predicted molar refractivity (Wildman–Crippen MR) is 101 cm³/mol. The molecule has 0 spiro atoms. The van der Waals surface area contributed by atoms with E-state index in [4.69, 9.17) is 4.74 Å². The number of nitrogens with zero attached hydrogens (tertiary/aromatic N) is 3. The van der Waals surface area contributed by atoms with E-state index >= 15 is 0 Å². The van der Waals surface area contributed by atoms with Gasteiger partial charge in [0.15, 0.2) is 0 Å². The van der Waals surface area contributed by atoms with E-state index in [1.807, 2.05) is 9.80 Å². The third kappa shape index (κ3) is 7.27. The van der Waals surface area contributed by atoms with Crippen molar-refractivity contribution in [3.8, 4) is 0 Å². The molecule has 146 valence electrons. The van der Waals surface area contributed by atoms with Crippen LogP contribution in [0.25, 0.3) is 0 Å². The zero-order valence-corrected chi connectivity index (χ0v) is 16.3. The van der Waals surface area contributed by atoms with Crippen molar-refractivity contribution in [2.45, 2.75) is 12.8 Å². The number of morpholine rings is 1. The number of piperazine rings is 1. The second-order valence-electron chi connectivity index (χ2n) is 6.72. The number of ether oxygens (including phenoxy) is 1. The summed E-state index contributed by atoms with van der Waals surface area (Å²) in [5, 5.41) is 3.24. The Hall–Kier alpha value is -0.600. The van der Waals surface area contributed by atoms with Gasteiger partial charge >= 0.3 is 0 Å². The van der Waals surface area contributed by atoms with Gasteiger partial charge in [0.25, 0.3) is 0 Å². The molecule has 0 aromatic rings. The molecule has 0 radical (unpaired) electrons. The van der Waals surface area contributed by atoms with Gasteiger partial charge in [0.05, 0.1) is 26.3 Å². The molecule has 25 heavy (non-hydrogen) atoms. The van der Waals surface area contributed by atoms with Gasteiger partial charge in [-0.25, -0.2) is 0 Å². The van der Waals surface area contributed by atoms with Crippen molar-refractivity contribution in [2.24, 2.45) is 5.92 Å². The first-order valence-corrected chi connectivity index (χ1v) is 8.79. The Bertz CT molecular complexity index is 424. The summed E-state index contributed by atoms with van der Waals surface area (Å²) in [5.41, 5.74) is 0. The average molecular weight is 397 g/mol. The molecule has 2 heterocycles. The van der Waals surface area contributed by atoms with Gasteiger partial charge in [-0.3, -0.25) is 14.5 Å². The molecule has 0 atom stereocenters. The SMILES string of the molecule is Cl.Cl.O=C(CNCC1CC1)N1CCN(C(=O)CN2CCOCC2)CC1. The molecule has 3 fully saturated rings. The average Bonchev–Trinajstić information content (AvgIpc) is 3.40. The minimum atomic E-state index is 0. The second-order valence-corrected chi connectivity index (χ2v) is 6.72. The molecule has 3 rings (SSSR count). The lowest BCUT2D eigenvalue weighted by molar-refractivity contribution is -0.140. The number of hydrogen-bond donors (Lipinski definition) is 1. The van der Waals surface area contributed by atoms with Crippen molar-refractivity contribution in [3.63, 3.8) is 0 Å². The highest BCUT2D eigenvalue weighted by Crippen LogP contribution is 2.27. The van der Waals surface area contributed by atoms with Gasteiger partial charge in [0.1, 0.15) is 0 Å². The van der Waals surface area contributed by atoms with Gasteiger partial charge < -0.3 is 19.9 Å². The van der Waals surface area contributed by atoms with E-state index in [2.05, 4.69) is 10.2 Å². The normalized spacial score (nSPS) is 21.3. The molecule has 0 aromatic heterocycles. The van der Waals surface area contributed by atoms with Gasteiger partial charge in [-0.05, 0) is 25.3 Å². The van der Waals surface area contributed by atoms with Crippen LogP contribution in [0.15, 0.2) is 0 Å². The first-order chi connectivity index (χ1) is 11.2. The third-order valence-electron chi connectivity index (χ3n) is 4.85. The highest BCUT2D eigenvalue weighted by Gasteiger charge is 2.26. The molecule has 1 N–H and O–H groups in total. The minimum absolute atomic E-state index is 0. The quantitative estimate of drug-likeness (QED) is 0.675. The zero-order valence-electron chi connectivity index (χ0n) is 14.7. The van der Waals surface area contributed by atoms with Crippen LogP contribution in [0.1, 0.15) is 12.8 Å². The van der Waals surface area contributed by atoms with E-state index in [-0.39, 0.29) is 36.6 Å². The van der Waals surface area contributed by atoms with E-state index in [0.717, 1.165) is 25.6 Å². The second kappa shape index (κ2) is 11.2. The Morgan fingerprint density at radius 2 is 1.44 bits per heavy atom. The fraction of sp³-hybridized carbons (Fsp3) is 0.875. The van der Waals surface area contributed by atoms with E-state index in [1.54, 1.807) is 0 Å². The summed E-state index contributed by atoms with van der Waals surface area (Å²) in [6, 6.07) is 0. The molecule has 9 heteroatoms. The number of nitrogens with one attached hydrogen (secondary N) is 1. The Morgan fingerprint density at radius 1 is 0.880 bits per heavy atom. The van der Waals surface area contributed by atoms with Crippen LogP contribution in [0.5, 0.6) is 0 Å². The van der Waals surface area contributed by atoms with Crippen LogP contribution in [0.4, 0.5) is 0 Å². The van der Waals surface area contributed by atoms with Crippen molar-refractivity contribution in [1.29, 1.82) is 0 Å². The maximum absolute atomic E-state index is 12.3. The van der Waals surface area contributed by atoms with Crippen LogP contribution in [0, 0.1) is 5.92 Å². The molecule has 2 amide bonds. The fourth-order valence-electron chi connectivity index (χ4n) is 3.07. The molecule has 1 aliphatic carbocycles. The lowest BCUT2D eigenvalue weighted by Crippen LogP contribution is -2.54. The molecular formula is C16H30Cl2N4O3. The van der Waals surface area contributed by atoms with Crippen LogP contribution in [0.3, 0.4) is 0 Å². The van der Waals surface area contributed by atoms with Crippen molar-refractivity contribution in [1.82, 2.24) is 20.0 Å². The summed E-state index contributed by atoms with van der Waals surface area (Å²) < 4.78 is 5.30. The maximum Gasteiger partial charge on any atom is 0.236 e. The van der Waals surface area contributed by atoms with Gasteiger partial charge in [-0.1, -0.05) is 0 Å². The zero-order chi connectivity index (χ0) is 16.1. The molecule has 2 saturated heterocycles. The first-order valence-electron chi connectivity index (χ1n) is 8.79. The molecule has 7 nitrogen and oxygen atoms in total. The summed E-state index contributed by atoms with van der Waals surface area (Å²) in [4.78, 5) is 30.4. The van der Waals surface area contributed by atoms with Gasteiger partial charge in [0, 0.05) is 39.3 Å². The number of carbonyl (C=O) groups is 2. The number of hydrogen-bond acceptors (Lipinski definition) is 5. The largest absolute Gasteiger partial charge is 0.379 e. The number of carbonyl (C=O) groups excluding carboxylic acids is 2. The molecule has 3 aliphatic rings. The number of amides is 2. The van der Waals surface area contributed by atoms with Crippen molar-refractivity contribution in [3.05, 3.63) is 0 Å². The topological polar surface area (TPSA) is 65.1 Å². The smallest absolute Gasteiger partial charge is 0.236 e. The van der Waals surface area contributed by atoms with Gasteiger partial charge in [-0.2, -0.15) is 0 Å². The van der Waals surface area contributed by atoms with Gasteiger partial charge in [0.2, 0.25) is 11.8 Å². The minimum Gasteiger partial charge on any atom is -0.379 e. The highest BCUT2D eigenvalue weighted by molar-refractivity contribution is 5.85. The maximum atomic E-state index is 12.3. The lowest BCUT2D eigenvalue weighted by Gasteiger charge is -2.36. The monoisotopic (exact) mass is 396 g/mol. The molecule has 0 unspecified atom stereocenters. The number of rotatable bonds is 6. The van der Waals surface area contributed by atoms with E-state index < -0.39 is 0 Å². The van der Waals surface area contributed by atoms with Crippen molar-refractivity contribution < 1.29 is 14.3 Å². The summed E-state index contributed by atoms with van der Waals surface area (Å²) in [6.07, 6.45) is 2.59. The summed E-state index contributed by atoms with van der Waals surface area (Å²) >= 11 is 0. The summed E-state index contributed by atoms with van der Waals surface area (Å²) in [5.74, 6) is 1.12. The molecule has 0 aromatic carbocycles. The Balaban J connectivity index is 0.00000156. The third-order valence-corrected chi connectivity index (χ3v) is 4.85. The summed E-state index contributed by atoms with van der Waals surface area (Å²) in [6.45, 7) is 7.55. The predicted octanol–water partition coefficient (Wildman–Crippen LogP) is -0.167. The van der Waals surface area contributed by atoms with Crippen LogP contribution in [-0.2, 0) is 14.3 Å². The van der Waals surface area contributed by atoms with Crippen LogP contribution < -0.4 is 5.32 Å². The first kappa shape index (κ1) is 22.4. The Kier molecular flexibility index (Phi) is 10.0. The lowest BCUT2D eigenvalue weighted by atomic mass is 10.3. The van der Waals surface area contributed by atoms with Gasteiger partial charge in [-0.15, -0.1) is 24.8 Å². The van der Waals surface area contributed by atoms with Crippen molar-refractivity contribution >= 4 is 36.6 Å². The standard InChI is InChI=1S/C16H28N4O3.2ClH/c21-15(12-17-11-14-1-2-14)19-3-5-20(6-4-19)16(22)13-18-7-9-23-10-8-18;;/h14,17H,1-13H2;2*1H. The molecule has 0 bridgehead atoms. The van der Waals surface area contributed by atoms with Crippen LogP contribution >= 0.6 is 24.8 Å². The van der Waals surface area contributed by atoms with Crippen LogP contribution in [0.2, 0.25) is 0 Å². The molecular weight excluding hydrogens is 367 g/mol. The fourth-order valence-corrected chi connectivity index (χ4v) is 3.07. The Morgan fingerprint density at radius 3 is 2.00 bits per heavy atom. The Labute approximate surface area is 162 Å². The van der Waals surface area contributed by atoms with Crippen LogP contribution in [-0.4, -0.2) is 98.6 Å². The highest BCUT2D eigenvalue weighted by atomic mass is 35.5. The number of halogens is 2. The summed E-state index contributed by atoms with van der Waals surface area (Å²) in [7, 11) is 0. The van der Waals surface area contributed by atoms with E-state index in [1.165, 1.54) is 12.8 Å². The van der Waals surface area contributed by atoms with E-state index in [0.29, 0.717) is 52.5 Å². The van der Waals surface area contributed by atoms with E-state index in [9.17, 15) is 9.59 Å².